The number of nitrogens with two attached hydrogens (primary N) is 1. The molecule has 0 aromatic carbocycles. The van der Waals surface area contributed by atoms with Crippen molar-refractivity contribution in [1.29, 1.82) is 0 Å². The largest absolute Gasteiger partial charge is 0.380 e. The van der Waals surface area contributed by atoms with Crippen molar-refractivity contribution in [2.75, 3.05) is 5.32 Å². The third-order valence-electron chi connectivity index (χ3n) is 2.87. The molecule has 0 bridgehead atoms. The van der Waals surface area contributed by atoms with Gasteiger partial charge in [-0.3, -0.25) is 4.79 Å². The number of carbonyl (C=O) groups excluding carboxylic acids is 1. The lowest BCUT2D eigenvalue weighted by Crippen LogP contribution is -2.22. The molecule has 0 aliphatic rings. The number of hydrogen-bond donors (Lipinski definition) is 3. The van der Waals surface area contributed by atoms with Crippen LogP contribution in [0.3, 0.4) is 0 Å². The molecule has 1 amide bonds. The Morgan fingerprint density at radius 1 is 1.53 bits per heavy atom. The summed E-state index contributed by atoms with van der Waals surface area (Å²) in [5, 5.41) is 15.1. The first-order chi connectivity index (χ1) is 9.03. The molecule has 19 heavy (non-hydrogen) atoms. The number of rotatable bonds is 7. The SMILES string of the molecule is CCC(CC)Nc1cc(OOO)c(C)nc1C(N)=O. The number of amides is 1. The number of hydrogen-bond acceptors (Lipinski definition) is 6. The fraction of sp³-hybridized carbons (Fsp3) is 0.500. The van der Waals surface area contributed by atoms with Gasteiger partial charge in [-0.15, -0.1) is 0 Å². The van der Waals surface area contributed by atoms with Crippen molar-refractivity contribution in [3.8, 4) is 5.75 Å². The van der Waals surface area contributed by atoms with Crippen molar-refractivity contribution >= 4 is 11.6 Å². The molecule has 0 saturated carbocycles. The molecule has 0 fully saturated rings. The number of carbonyl (C=O) groups is 1. The monoisotopic (exact) mass is 269 g/mol. The van der Waals surface area contributed by atoms with Gasteiger partial charge in [0.1, 0.15) is 0 Å². The molecule has 1 heterocycles. The molecule has 0 aliphatic carbocycles. The lowest BCUT2D eigenvalue weighted by molar-refractivity contribution is -0.439. The Bertz CT molecular complexity index is 447. The molecule has 1 aromatic heterocycles. The molecule has 0 saturated heterocycles. The zero-order valence-corrected chi connectivity index (χ0v) is 11.3. The van der Waals surface area contributed by atoms with Crippen molar-refractivity contribution in [3.63, 3.8) is 0 Å². The lowest BCUT2D eigenvalue weighted by atomic mass is 10.1. The number of aromatic nitrogens is 1. The molecule has 0 atom stereocenters. The first kappa shape index (κ1) is 15.2. The van der Waals surface area contributed by atoms with Crippen LogP contribution in [0.1, 0.15) is 42.9 Å². The molecule has 0 aliphatic heterocycles. The molecule has 1 rings (SSSR count). The van der Waals surface area contributed by atoms with Crippen LogP contribution in [0.25, 0.3) is 0 Å². The minimum absolute atomic E-state index is 0.134. The second kappa shape index (κ2) is 6.91. The molecule has 7 nitrogen and oxygen atoms in total. The van der Waals surface area contributed by atoms with Crippen molar-refractivity contribution in [1.82, 2.24) is 4.98 Å². The molecule has 7 heteroatoms. The summed E-state index contributed by atoms with van der Waals surface area (Å²) >= 11 is 0. The van der Waals surface area contributed by atoms with E-state index in [9.17, 15) is 4.79 Å². The van der Waals surface area contributed by atoms with E-state index >= 15 is 0 Å². The highest BCUT2D eigenvalue weighted by atomic mass is 17.5. The third-order valence-corrected chi connectivity index (χ3v) is 2.87. The Hall–Kier alpha value is -1.86. The minimum atomic E-state index is -0.631. The van der Waals surface area contributed by atoms with Crippen LogP contribution in [0.15, 0.2) is 6.07 Å². The second-order valence-corrected chi connectivity index (χ2v) is 4.15. The maximum Gasteiger partial charge on any atom is 0.269 e. The van der Waals surface area contributed by atoms with Gasteiger partial charge in [0.15, 0.2) is 11.4 Å². The Kier molecular flexibility index (Phi) is 5.53. The fourth-order valence-corrected chi connectivity index (χ4v) is 1.72. The molecular formula is C12H19N3O4. The predicted molar refractivity (Wildman–Crippen MR) is 69.8 cm³/mol. The Balaban J connectivity index is 3.16. The normalized spacial score (nSPS) is 10.6. The van der Waals surface area contributed by atoms with Gasteiger partial charge in [-0.05, 0) is 24.8 Å². The molecule has 0 radical (unpaired) electrons. The average molecular weight is 269 g/mol. The Morgan fingerprint density at radius 2 is 2.16 bits per heavy atom. The van der Waals surface area contributed by atoms with E-state index in [0.29, 0.717) is 11.4 Å². The Labute approximate surface area is 111 Å². The van der Waals surface area contributed by atoms with Gasteiger partial charge in [0.2, 0.25) is 0 Å². The maximum atomic E-state index is 11.4. The van der Waals surface area contributed by atoms with Crippen LogP contribution >= 0.6 is 0 Å². The number of nitrogens with zero attached hydrogens (tertiary/aromatic N) is 1. The smallest absolute Gasteiger partial charge is 0.269 e. The van der Waals surface area contributed by atoms with Crippen LogP contribution < -0.4 is 15.9 Å². The van der Waals surface area contributed by atoms with Crippen molar-refractivity contribution in [3.05, 3.63) is 17.5 Å². The van der Waals surface area contributed by atoms with Gasteiger partial charge in [-0.1, -0.05) is 13.8 Å². The molecule has 0 unspecified atom stereocenters. The van der Waals surface area contributed by atoms with Crippen molar-refractivity contribution < 1.29 is 20.0 Å². The van der Waals surface area contributed by atoms with Crippen molar-refractivity contribution in [2.24, 2.45) is 5.73 Å². The van der Waals surface area contributed by atoms with E-state index in [-0.39, 0.29) is 17.5 Å². The molecule has 106 valence electrons. The minimum Gasteiger partial charge on any atom is -0.380 e. The lowest BCUT2D eigenvalue weighted by Gasteiger charge is -2.18. The topological polar surface area (TPSA) is 107 Å². The zero-order chi connectivity index (χ0) is 14.4. The summed E-state index contributed by atoms with van der Waals surface area (Å²) < 4.78 is 0. The summed E-state index contributed by atoms with van der Waals surface area (Å²) in [6.07, 6.45) is 1.77. The predicted octanol–water partition coefficient (Wildman–Crippen LogP) is 1.87. The molecule has 1 aromatic rings. The Morgan fingerprint density at radius 3 is 2.63 bits per heavy atom. The summed E-state index contributed by atoms with van der Waals surface area (Å²) in [7, 11) is 0. The standard InChI is InChI=1S/C12H19N3O4/c1-4-8(5-2)15-9-6-10(18-19-17)7(3)14-11(9)12(13)16/h6,8,15,17H,4-5H2,1-3H3,(H2,13,16). The van der Waals surface area contributed by atoms with Crippen LogP contribution in [-0.2, 0) is 5.04 Å². The van der Waals surface area contributed by atoms with Gasteiger partial charge in [0, 0.05) is 12.1 Å². The summed E-state index contributed by atoms with van der Waals surface area (Å²) in [5.41, 5.74) is 6.28. The van der Waals surface area contributed by atoms with Gasteiger partial charge in [0.25, 0.3) is 5.91 Å². The summed E-state index contributed by atoms with van der Waals surface area (Å²) in [5.74, 6) is -0.422. The van der Waals surface area contributed by atoms with E-state index in [1.54, 1.807) is 6.92 Å². The van der Waals surface area contributed by atoms with E-state index in [0.717, 1.165) is 12.8 Å². The second-order valence-electron chi connectivity index (χ2n) is 4.15. The van der Waals surface area contributed by atoms with E-state index in [1.807, 2.05) is 13.8 Å². The van der Waals surface area contributed by atoms with Crippen LogP contribution in [-0.4, -0.2) is 22.2 Å². The van der Waals surface area contributed by atoms with Crippen LogP contribution in [0.2, 0.25) is 0 Å². The number of primary amides is 1. The van der Waals surface area contributed by atoms with Gasteiger partial charge in [-0.2, -0.15) is 0 Å². The van der Waals surface area contributed by atoms with E-state index in [1.165, 1.54) is 6.07 Å². The summed E-state index contributed by atoms with van der Waals surface area (Å²) in [6, 6.07) is 1.71. The first-order valence-electron chi connectivity index (χ1n) is 6.09. The van der Waals surface area contributed by atoms with Crippen LogP contribution in [0.4, 0.5) is 5.69 Å². The van der Waals surface area contributed by atoms with Gasteiger partial charge >= 0.3 is 0 Å². The maximum absolute atomic E-state index is 11.4. The first-order valence-corrected chi connectivity index (χ1v) is 6.09. The van der Waals surface area contributed by atoms with Gasteiger partial charge in [0.05, 0.1) is 11.4 Å². The van der Waals surface area contributed by atoms with Crippen LogP contribution in [0, 0.1) is 6.92 Å². The third kappa shape index (κ3) is 3.80. The number of pyridine rings is 1. The van der Waals surface area contributed by atoms with Gasteiger partial charge < -0.3 is 15.9 Å². The molecule has 0 spiro atoms. The van der Waals surface area contributed by atoms with E-state index in [2.05, 4.69) is 20.2 Å². The highest BCUT2D eigenvalue weighted by Crippen LogP contribution is 2.25. The summed E-state index contributed by atoms with van der Waals surface area (Å²) in [6.45, 7) is 5.67. The average Bonchev–Trinajstić information content (AvgIpc) is 2.38. The molecular weight excluding hydrogens is 250 g/mol. The highest BCUT2D eigenvalue weighted by Gasteiger charge is 2.17. The molecule has 4 N–H and O–H groups in total. The number of nitrogens with one attached hydrogen (secondary N) is 1. The number of anilines is 1. The van der Waals surface area contributed by atoms with E-state index in [4.69, 9.17) is 11.0 Å². The van der Waals surface area contributed by atoms with E-state index < -0.39 is 5.91 Å². The van der Waals surface area contributed by atoms with Crippen molar-refractivity contribution in [2.45, 2.75) is 39.7 Å². The fourth-order valence-electron chi connectivity index (χ4n) is 1.72. The summed E-state index contributed by atoms with van der Waals surface area (Å²) in [4.78, 5) is 20.0. The van der Waals surface area contributed by atoms with Crippen LogP contribution in [0.5, 0.6) is 5.75 Å². The van der Waals surface area contributed by atoms with Gasteiger partial charge in [-0.25, -0.2) is 10.2 Å². The highest BCUT2D eigenvalue weighted by molar-refractivity contribution is 5.96. The quantitative estimate of drug-likeness (QED) is 0.515. The number of aryl methyl sites for hydroxylation is 1. The zero-order valence-electron chi connectivity index (χ0n) is 11.3.